The lowest BCUT2D eigenvalue weighted by Gasteiger charge is -1.81. The Kier molecular flexibility index (Phi) is 2.05. The maximum Gasteiger partial charge on any atom is 0.236 e. The summed E-state index contributed by atoms with van der Waals surface area (Å²) in [7, 11) is 0. The summed E-state index contributed by atoms with van der Waals surface area (Å²) in [6.07, 6.45) is 2.38. The molecule has 1 heterocycles. The van der Waals surface area contributed by atoms with Gasteiger partial charge in [-0.25, -0.2) is 2.90 Å². The zero-order chi connectivity index (χ0) is 6.85. The van der Waals surface area contributed by atoms with Crippen LogP contribution in [-0.2, 0) is 6.42 Å². The van der Waals surface area contributed by atoms with E-state index >= 15 is 0 Å². The van der Waals surface area contributed by atoms with Crippen molar-refractivity contribution in [2.45, 2.75) is 13.3 Å². The van der Waals surface area contributed by atoms with E-state index in [9.17, 15) is 4.39 Å². The highest BCUT2D eigenvalue weighted by Gasteiger charge is 2.02. The predicted molar refractivity (Wildman–Crippen MR) is 41.0 cm³/mol. The van der Waals surface area contributed by atoms with E-state index < -0.39 is 0 Å². The molecule has 0 aliphatic rings. The van der Waals surface area contributed by atoms with Crippen LogP contribution in [0.1, 0.15) is 12.5 Å². The molecule has 0 saturated heterocycles. The molecule has 0 N–H and O–H groups in total. The van der Waals surface area contributed by atoms with E-state index in [1.165, 1.54) is 2.90 Å². The molecule has 0 radical (unpaired) electrons. The third-order valence-electron chi connectivity index (χ3n) is 1.09. The highest BCUT2D eigenvalue weighted by atomic mass is 127. The van der Waals surface area contributed by atoms with E-state index in [1.54, 1.807) is 6.20 Å². The zero-order valence-electron chi connectivity index (χ0n) is 4.93. The van der Waals surface area contributed by atoms with Crippen LogP contribution in [0.15, 0.2) is 6.20 Å². The van der Waals surface area contributed by atoms with Crippen LogP contribution in [0.4, 0.5) is 4.39 Å². The molecule has 0 atom stereocenters. The topological polar surface area (TPSA) is 17.8 Å². The average molecular weight is 240 g/mol. The molecule has 2 nitrogen and oxygen atoms in total. The van der Waals surface area contributed by atoms with Crippen molar-refractivity contribution >= 4 is 22.9 Å². The molecule has 0 fully saturated rings. The number of rotatable bonds is 1. The lowest BCUT2D eigenvalue weighted by Crippen LogP contribution is -1.80. The number of hydrogen-bond donors (Lipinski definition) is 0. The summed E-state index contributed by atoms with van der Waals surface area (Å²) in [6.45, 7) is 1.90. The Labute approximate surface area is 66.6 Å². The average Bonchev–Trinajstić information content (AvgIpc) is 2.10. The van der Waals surface area contributed by atoms with Gasteiger partial charge in [-0.2, -0.15) is 4.39 Å². The third-order valence-corrected chi connectivity index (χ3v) is 1.59. The van der Waals surface area contributed by atoms with Gasteiger partial charge in [0.1, 0.15) is 0 Å². The third kappa shape index (κ3) is 1.41. The molecule has 0 aliphatic heterocycles. The van der Waals surface area contributed by atoms with E-state index in [1.807, 2.05) is 29.8 Å². The highest BCUT2D eigenvalue weighted by molar-refractivity contribution is 14.1. The normalized spacial score (nSPS) is 10.1. The Balaban J connectivity index is 3.01. The van der Waals surface area contributed by atoms with E-state index in [4.69, 9.17) is 0 Å². The van der Waals surface area contributed by atoms with Crippen LogP contribution in [0.5, 0.6) is 0 Å². The summed E-state index contributed by atoms with van der Waals surface area (Å²) in [5.41, 5.74) is 0.671. The van der Waals surface area contributed by atoms with Gasteiger partial charge in [-0.1, -0.05) is 6.92 Å². The summed E-state index contributed by atoms with van der Waals surface area (Å²) in [6, 6.07) is 0. The first-order valence-electron chi connectivity index (χ1n) is 2.64. The van der Waals surface area contributed by atoms with Gasteiger partial charge in [0.15, 0.2) is 0 Å². The van der Waals surface area contributed by atoms with Gasteiger partial charge in [-0.3, -0.25) is 0 Å². The van der Waals surface area contributed by atoms with Gasteiger partial charge in [0.2, 0.25) is 5.95 Å². The van der Waals surface area contributed by atoms with E-state index in [0.717, 1.165) is 0 Å². The van der Waals surface area contributed by atoms with Crippen LogP contribution < -0.4 is 0 Å². The first-order valence-corrected chi connectivity index (χ1v) is 3.60. The van der Waals surface area contributed by atoms with Gasteiger partial charge in [0.25, 0.3) is 0 Å². The molecule has 50 valence electrons. The van der Waals surface area contributed by atoms with Gasteiger partial charge in [0, 0.05) is 11.8 Å². The fourth-order valence-electron chi connectivity index (χ4n) is 0.596. The fourth-order valence-corrected chi connectivity index (χ4v) is 1.12. The van der Waals surface area contributed by atoms with E-state index in [-0.39, 0.29) is 5.95 Å². The first kappa shape index (κ1) is 6.98. The van der Waals surface area contributed by atoms with Gasteiger partial charge < -0.3 is 0 Å². The molecule has 0 saturated carbocycles. The predicted octanol–water partition coefficient (Wildman–Crippen LogP) is 1.78. The van der Waals surface area contributed by atoms with Crippen LogP contribution in [0.3, 0.4) is 0 Å². The molecule has 0 amide bonds. The minimum atomic E-state index is -0.355. The molecule has 1 rings (SSSR count). The molecular weight excluding hydrogens is 234 g/mol. The fraction of sp³-hybridized carbons (Fsp3) is 0.400. The van der Waals surface area contributed by atoms with Gasteiger partial charge in [-0.15, -0.1) is 5.10 Å². The lowest BCUT2D eigenvalue weighted by molar-refractivity contribution is 0.566. The van der Waals surface area contributed by atoms with Crippen molar-refractivity contribution in [3.8, 4) is 0 Å². The maximum absolute atomic E-state index is 12.5. The molecular formula is C5H6FIN2. The van der Waals surface area contributed by atoms with Crippen LogP contribution >= 0.6 is 22.9 Å². The van der Waals surface area contributed by atoms with Crippen LogP contribution in [0, 0.1) is 5.95 Å². The molecule has 1 aromatic heterocycles. The van der Waals surface area contributed by atoms with Crippen LogP contribution in [0.2, 0.25) is 0 Å². The molecule has 0 unspecified atom stereocenters. The van der Waals surface area contributed by atoms with Crippen molar-refractivity contribution in [2.24, 2.45) is 0 Å². The highest BCUT2D eigenvalue weighted by Crippen LogP contribution is 2.06. The standard InChI is InChI=1S/C5H6FIN2/c1-2-4-3-9(7)8-5(4)6/h3H,2H2,1H3. The Bertz CT molecular complexity index is 209. The number of aromatic nitrogens is 2. The van der Waals surface area contributed by atoms with Crippen LogP contribution in [-0.4, -0.2) is 7.99 Å². The maximum atomic E-state index is 12.5. The Hall–Kier alpha value is -0.130. The summed E-state index contributed by atoms with van der Waals surface area (Å²) >= 11 is 1.92. The monoisotopic (exact) mass is 240 g/mol. The number of hydrogen-bond acceptors (Lipinski definition) is 1. The summed E-state index contributed by atoms with van der Waals surface area (Å²) in [4.78, 5) is 0. The number of aryl methyl sites for hydroxylation is 1. The summed E-state index contributed by atoms with van der Waals surface area (Å²) < 4.78 is 13.9. The largest absolute Gasteiger partial charge is 0.236 e. The van der Waals surface area contributed by atoms with E-state index in [0.29, 0.717) is 12.0 Å². The molecule has 9 heavy (non-hydrogen) atoms. The van der Waals surface area contributed by atoms with Crippen LogP contribution in [0.25, 0.3) is 0 Å². The lowest BCUT2D eigenvalue weighted by atomic mass is 10.3. The number of nitrogens with zero attached hydrogens (tertiary/aromatic N) is 2. The van der Waals surface area contributed by atoms with Gasteiger partial charge in [-0.05, 0) is 6.42 Å². The van der Waals surface area contributed by atoms with Crippen molar-refractivity contribution in [1.29, 1.82) is 0 Å². The van der Waals surface area contributed by atoms with Crippen molar-refractivity contribution in [1.82, 2.24) is 7.99 Å². The second-order valence-electron chi connectivity index (χ2n) is 1.69. The Morgan fingerprint density at radius 1 is 1.89 bits per heavy atom. The minimum absolute atomic E-state index is 0.355. The minimum Gasteiger partial charge on any atom is -0.208 e. The van der Waals surface area contributed by atoms with Crippen molar-refractivity contribution in [3.63, 3.8) is 0 Å². The zero-order valence-corrected chi connectivity index (χ0v) is 7.09. The molecule has 1 aromatic rings. The first-order chi connectivity index (χ1) is 4.24. The van der Waals surface area contributed by atoms with Crippen molar-refractivity contribution < 1.29 is 4.39 Å². The van der Waals surface area contributed by atoms with Crippen molar-refractivity contribution in [2.75, 3.05) is 0 Å². The molecule has 0 spiro atoms. The molecule has 0 aliphatic carbocycles. The molecule has 0 aromatic carbocycles. The second-order valence-corrected chi connectivity index (χ2v) is 2.68. The molecule has 0 bridgehead atoms. The number of halogens is 2. The van der Waals surface area contributed by atoms with Gasteiger partial charge >= 0.3 is 0 Å². The van der Waals surface area contributed by atoms with Crippen molar-refractivity contribution in [3.05, 3.63) is 17.7 Å². The van der Waals surface area contributed by atoms with Gasteiger partial charge in [0.05, 0.1) is 22.9 Å². The summed E-state index contributed by atoms with van der Waals surface area (Å²) in [5, 5.41) is 3.52. The molecule has 4 heteroatoms. The Morgan fingerprint density at radius 3 is 2.78 bits per heavy atom. The Morgan fingerprint density at radius 2 is 2.56 bits per heavy atom. The SMILES string of the molecule is CCc1cn(I)nc1F. The van der Waals surface area contributed by atoms with E-state index in [2.05, 4.69) is 5.10 Å². The second kappa shape index (κ2) is 2.64. The quantitative estimate of drug-likeness (QED) is 0.684. The smallest absolute Gasteiger partial charge is 0.208 e. The summed E-state index contributed by atoms with van der Waals surface area (Å²) in [5.74, 6) is -0.355.